The summed E-state index contributed by atoms with van der Waals surface area (Å²) in [5.74, 6) is 0.941. The van der Waals surface area contributed by atoms with Crippen molar-refractivity contribution >= 4 is 17.2 Å². The lowest BCUT2D eigenvalue weighted by molar-refractivity contribution is -0.133. The van der Waals surface area contributed by atoms with Gasteiger partial charge in [-0.3, -0.25) is 4.79 Å². The second-order valence-corrected chi connectivity index (χ2v) is 6.65. The number of benzene rings is 1. The number of hydrogen-bond donors (Lipinski definition) is 1. The van der Waals surface area contributed by atoms with Gasteiger partial charge in [0.05, 0.1) is 30.3 Å². The third kappa shape index (κ3) is 3.54. The summed E-state index contributed by atoms with van der Waals surface area (Å²) in [7, 11) is 1.67. The molecule has 1 fully saturated rings. The Morgan fingerprint density at radius 2 is 2.30 bits per heavy atom. The topological polar surface area (TPSA) is 54.5 Å². The van der Waals surface area contributed by atoms with E-state index in [1.54, 1.807) is 18.4 Å². The predicted octanol–water partition coefficient (Wildman–Crippen LogP) is 2.18. The van der Waals surface area contributed by atoms with Crippen LogP contribution in [0.5, 0.6) is 5.75 Å². The second kappa shape index (κ2) is 7.10. The third-order valence-corrected chi connectivity index (χ3v) is 4.88. The molecule has 1 atom stereocenters. The van der Waals surface area contributed by atoms with E-state index in [0.717, 1.165) is 35.1 Å². The zero-order chi connectivity index (χ0) is 16.2. The van der Waals surface area contributed by atoms with Gasteiger partial charge in [-0.25, -0.2) is 4.98 Å². The largest absolute Gasteiger partial charge is 0.496 e. The summed E-state index contributed by atoms with van der Waals surface area (Å²) in [6, 6.07) is 7.90. The molecule has 122 valence electrons. The summed E-state index contributed by atoms with van der Waals surface area (Å²) < 4.78 is 5.47. The van der Waals surface area contributed by atoms with Gasteiger partial charge >= 0.3 is 0 Å². The Morgan fingerprint density at radius 1 is 1.48 bits per heavy atom. The van der Waals surface area contributed by atoms with Crippen molar-refractivity contribution < 1.29 is 9.53 Å². The van der Waals surface area contributed by atoms with Crippen LogP contribution in [0.4, 0.5) is 0 Å². The number of nitrogens with one attached hydrogen (secondary N) is 1. The lowest BCUT2D eigenvalue weighted by Gasteiger charge is -2.37. The summed E-state index contributed by atoms with van der Waals surface area (Å²) in [5, 5.41) is 6.34. The fourth-order valence-electron chi connectivity index (χ4n) is 2.97. The van der Waals surface area contributed by atoms with Crippen molar-refractivity contribution in [3.05, 3.63) is 45.9 Å². The molecule has 1 amide bonds. The highest BCUT2D eigenvalue weighted by molar-refractivity contribution is 7.09. The van der Waals surface area contributed by atoms with Crippen LogP contribution < -0.4 is 10.1 Å². The van der Waals surface area contributed by atoms with E-state index >= 15 is 0 Å². The molecule has 1 aliphatic rings. The molecule has 2 heterocycles. The predicted molar refractivity (Wildman–Crippen MR) is 90.9 cm³/mol. The van der Waals surface area contributed by atoms with E-state index in [1.807, 2.05) is 41.5 Å². The Bertz CT molecular complexity index is 686. The molecule has 0 bridgehead atoms. The van der Waals surface area contributed by atoms with Crippen molar-refractivity contribution in [3.63, 3.8) is 0 Å². The van der Waals surface area contributed by atoms with Crippen molar-refractivity contribution in [2.75, 3.05) is 26.7 Å². The fourth-order valence-corrected chi connectivity index (χ4v) is 3.58. The molecule has 0 radical (unpaired) electrons. The van der Waals surface area contributed by atoms with Crippen LogP contribution in [-0.4, -0.2) is 42.5 Å². The van der Waals surface area contributed by atoms with Crippen molar-refractivity contribution in [1.29, 1.82) is 0 Å². The van der Waals surface area contributed by atoms with E-state index in [1.165, 1.54) is 0 Å². The van der Waals surface area contributed by atoms with Gasteiger partial charge in [0.25, 0.3) is 0 Å². The minimum atomic E-state index is -0.00728. The Labute approximate surface area is 140 Å². The Kier molecular flexibility index (Phi) is 4.93. The van der Waals surface area contributed by atoms with Crippen LogP contribution in [0.25, 0.3) is 0 Å². The molecule has 0 saturated carbocycles. The van der Waals surface area contributed by atoms with Crippen LogP contribution in [0.3, 0.4) is 0 Å². The van der Waals surface area contributed by atoms with Crippen molar-refractivity contribution in [2.45, 2.75) is 19.4 Å². The van der Waals surface area contributed by atoms with Gasteiger partial charge < -0.3 is 15.0 Å². The molecule has 23 heavy (non-hydrogen) atoms. The molecule has 0 spiro atoms. The molecule has 3 rings (SSSR count). The summed E-state index contributed by atoms with van der Waals surface area (Å²) in [4.78, 5) is 19.1. The van der Waals surface area contributed by atoms with Gasteiger partial charge in [-0.2, -0.15) is 0 Å². The Hall–Kier alpha value is -1.92. The van der Waals surface area contributed by atoms with Gasteiger partial charge in [0.2, 0.25) is 5.91 Å². The molecule has 6 heteroatoms. The lowest BCUT2D eigenvalue weighted by Crippen LogP contribution is -2.49. The SMILES string of the molecule is COc1ccccc1C1CNCCN1C(=O)Cc1csc(C)n1. The standard InChI is InChI=1S/C17H21N3O2S/c1-12-19-13(11-23-12)9-17(21)20-8-7-18-10-15(20)14-5-3-4-6-16(14)22-2/h3-6,11,15,18H,7-10H2,1-2H3. The van der Waals surface area contributed by atoms with E-state index in [9.17, 15) is 4.79 Å². The van der Waals surface area contributed by atoms with Crippen LogP contribution >= 0.6 is 11.3 Å². The van der Waals surface area contributed by atoms with Gasteiger partial charge in [-0.15, -0.1) is 11.3 Å². The Morgan fingerprint density at radius 3 is 3.04 bits per heavy atom. The molecular weight excluding hydrogens is 310 g/mol. The van der Waals surface area contributed by atoms with Crippen molar-refractivity contribution in [3.8, 4) is 5.75 Å². The number of aromatic nitrogens is 1. The van der Waals surface area contributed by atoms with Gasteiger partial charge in [0, 0.05) is 30.6 Å². The molecular formula is C17H21N3O2S. The van der Waals surface area contributed by atoms with Gasteiger partial charge in [-0.05, 0) is 13.0 Å². The van der Waals surface area contributed by atoms with Crippen LogP contribution in [-0.2, 0) is 11.2 Å². The van der Waals surface area contributed by atoms with E-state index < -0.39 is 0 Å². The van der Waals surface area contributed by atoms with E-state index in [0.29, 0.717) is 13.0 Å². The number of thiazole rings is 1. The summed E-state index contributed by atoms with van der Waals surface area (Å²) in [6.45, 7) is 4.21. The summed E-state index contributed by atoms with van der Waals surface area (Å²) in [5.41, 5.74) is 1.90. The zero-order valence-corrected chi connectivity index (χ0v) is 14.2. The average molecular weight is 331 g/mol. The highest BCUT2D eigenvalue weighted by Crippen LogP contribution is 2.30. The average Bonchev–Trinajstić information content (AvgIpc) is 2.99. The van der Waals surface area contributed by atoms with Gasteiger partial charge in [0.15, 0.2) is 0 Å². The first-order valence-electron chi connectivity index (χ1n) is 7.73. The number of methoxy groups -OCH3 is 1. The highest BCUT2D eigenvalue weighted by Gasteiger charge is 2.29. The number of para-hydroxylation sites is 1. The monoisotopic (exact) mass is 331 g/mol. The maximum atomic E-state index is 12.8. The quantitative estimate of drug-likeness (QED) is 0.933. The fraction of sp³-hybridized carbons (Fsp3) is 0.412. The highest BCUT2D eigenvalue weighted by atomic mass is 32.1. The number of carbonyl (C=O) groups excluding carboxylic acids is 1. The normalized spacial score (nSPS) is 18.0. The van der Waals surface area contributed by atoms with Crippen LogP contribution in [0, 0.1) is 6.92 Å². The molecule has 1 aromatic heterocycles. The number of nitrogens with zero attached hydrogens (tertiary/aromatic N) is 2. The van der Waals surface area contributed by atoms with Crippen LogP contribution in [0.1, 0.15) is 22.3 Å². The smallest absolute Gasteiger partial charge is 0.229 e. The molecule has 5 nitrogen and oxygen atoms in total. The van der Waals surface area contributed by atoms with Gasteiger partial charge in [-0.1, -0.05) is 18.2 Å². The molecule has 1 aliphatic heterocycles. The lowest BCUT2D eigenvalue weighted by atomic mass is 10.0. The number of ether oxygens (including phenoxy) is 1. The number of rotatable bonds is 4. The van der Waals surface area contributed by atoms with E-state index in [-0.39, 0.29) is 11.9 Å². The van der Waals surface area contributed by atoms with Crippen molar-refractivity contribution in [1.82, 2.24) is 15.2 Å². The Balaban J connectivity index is 1.82. The van der Waals surface area contributed by atoms with Crippen LogP contribution in [0.15, 0.2) is 29.6 Å². The first-order valence-corrected chi connectivity index (χ1v) is 8.61. The van der Waals surface area contributed by atoms with E-state index in [2.05, 4.69) is 10.3 Å². The zero-order valence-electron chi connectivity index (χ0n) is 13.4. The third-order valence-electron chi connectivity index (χ3n) is 4.06. The minimum absolute atomic E-state index is 0.00728. The van der Waals surface area contributed by atoms with Crippen LogP contribution in [0.2, 0.25) is 0 Å². The number of carbonyl (C=O) groups is 1. The number of hydrogen-bond acceptors (Lipinski definition) is 5. The molecule has 1 aromatic carbocycles. The number of piperazine rings is 1. The number of aryl methyl sites for hydroxylation is 1. The molecule has 1 N–H and O–H groups in total. The molecule has 2 aromatic rings. The second-order valence-electron chi connectivity index (χ2n) is 5.58. The molecule has 1 saturated heterocycles. The minimum Gasteiger partial charge on any atom is -0.496 e. The number of amides is 1. The maximum absolute atomic E-state index is 12.8. The molecule has 0 aliphatic carbocycles. The first-order chi connectivity index (χ1) is 11.2. The van der Waals surface area contributed by atoms with E-state index in [4.69, 9.17) is 4.74 Å². The van der Waals surface area contributed by atoms with Gasteiger partial charge in [0.1, 0.15) is 5.75 Å². The molecule has 1 unspecified atom stereocenters. The van der Waals surface area contributed by atoms with Crippen molar-refractivity contribution in [2.24, 2.45) is 0 Å². The maximum Gasteiger partial charge on any atom is 0.229 e. The summed E-state index contributed by atoms with van der Waals surface area (Å²) >= 11 is 1.58. The summed E-state index contributed by atoms with van der Waals surface area (Å²) in [6.07, 6.45) is 0.357. The first kappa shape index (κ1) is 16.0.